The lowest BCUT2D eigenvalue weighted by atomic mass is 9.99. The van der Waals surface area contributed by atoms with Crippen LogP contribution in [0.1, 0.15) is 28.2 Å². The number of pyridine rings is 2. The Bertz CT molecular complexity index is 884. The Kier molecular flexibility index (Phi) is 4.39. The summed E-state index contributed by atoms with van der Waals surface area (Å²) in [5, 5.41) is 14.5. The van der Waals surface area contributed by atoms with Gasteiger partial charge in [-0.2, -0.15) is 0 Å². The molecule has 2 N–H and O–H groups in total. The van der Waals surface area contributed by atoms with Crippen molar-refractivity contribution in [1.29, 1.82) is 0 Å². The summed E-state index contributed by atoms with van der Waals surface area (Å²) < 4.78 is 1.86. The topological polar surface area (TPSA) is 84.2 Å². The Morgan fingerprint density at radius 1 is 1.32 bits per heavy atom. The van der Waals surface area contributed by atoms with E-state index in [1.807, 2.05) is 41.1 Å². The first-order valence-corrected chi connectivity index (χ1v) is 8.51. The molecule has 1 saturated heterocycles. The van der Waals surface area contributed by atoms with Gasteiger partial charge in [0.25, 0.3) is 5.91 Å². The third-order valence-corrected chi connectivity index (χ3v) is 4.54. The second kappa shape index (κ2) is 6.98. The number of hydrogen-bond acceptors (Lipinski definition) is 5. The molecule has 0 saturated carbocycles. The van der Waals surface area contributed by atoms with E-state index in [1.54, 1.807) is 6.20 Å². The molecule has 4 rings (SSSR count). The SMILES string of the molecule is O=C(NCc1nnc2ccccn12)c1cncc(CC2CCNC2)c1. The fraction of sp³-hybridized carbons (Fsp3) is 0.333. The van der Waals surface area contributed by atoms with Gasteiger partial charge >= 0.3 is 0 Å². The van der Waals surface area contributed by atoms with Gasteiger partial charge in [-0.15, -0.1) is 10.2 Å². The van der Waals surface area contributed by atoms with Gasteiger partial charge in [0.15, 0.2) is 11.5 Å². The highest BCUT2D eigenvalue weighted by molar-refractivity contribution is 5.93. The average Bonchev–Trinajstić information content (AvgIpc) is 3.30. The van der Waals surface area contributed by atoms with E-state index in [2.05, 4.69) is 25.8 Å². The van der Waals surface area contributed by atoms with Crippen molar-refractivity contribution in [3.8, 4) is 0 Å². The van der Waals surface area contributed by atoms with Crippen LogP contribution in [0.4, 0.5) is 0 Å². The molecule has 1 aliphatic rings. The lowest BCUT2D eigenvalue weighted by Crippen LogP contribution is -2.24. The number of hydrogen-bond donors (Lipinski definition) is 2. The Labute approximate surface area is 145 Å². The van der Waals surface area contributed by atoms with Crippen LogP contribution in [-0.2, 0) is 13.0 Å². The Morgan fingerprint density at radius 2 is 2.28 bits per heavy atom. The summed E-state index contributed by atoms with van der Waals surface area (Å²) in [7, 11) is 0. The van der Waals surface area contributed by atoms with Crippen LogP contribution in [0.15, 0.2) is 42.9 Å². The molecule has 1 amide bonds. The van der Waals surface area contributed by atoms with Crippen LogP contribution in [0.5, 0.6) is 0 Å². The zero-order valence-electron chi connectivity index (χ0n) is 13.9. The summed E-state index contributed by atoms with van der Waals surface area (Å²) in [6, 6.07) is 7.63. The molecule has 1 fully saturated rings. The van der Waals surface area contributed by atoms with Crippen molar-refractivity contribution in [2.45, 2.75) is 19.4 Å². The van der Waals surface area contributed by atoms with Gasteiger partial charge in [-0.25, -0.2) is 0 Å². The molecule has 0 radical (unpaired) electrons. The molecule has 1 atom stereocenters. The molecule has 0 spiro atoms. The quantitative estimate of drug-likeness (QED) is 0.731. The van der Waals surface area contributed by atoms with Crippen LogP contribution in [0.2, 0.25) is 0 Å². The van der Waals surface area contributed by atoms with E-state index in [4.69, 9.17) is 0 Å². The highest BCUT2D eigenvalue weighted by Crippen LogP contribution is 2.15. The molecular weight excluding hydrogens is 316 g/mol. The van der Waals surface area contributed by atoms with Gasteiger partial charge in [0.1, 0.15) is 0 Å². The number of carbonyl (C=O) groups excluding carboxylic acids is 1. The van der Waals surface area contributed by atoms with Crippen LogP contribution in [-0.4, -0.2) is 38.6 Å². The van der Waals surface area contributed by atoms with Gasteiger partial charge in [-0.3, -0.25) is 14.2 Å². The Morgan fingerprint density at radius 3 is 3.16 bits per heavy atom. The summed E-state index contributed by atoms with van der Waals surface area (Å²) in [6.07, 6.45) is 7.47. The van der Waals surface area contributed by atoms with Crippen LogP contribution >= 0.6 is 0 Å². The standard InChI is InChI=1S/C18H20N6O/c25-18(21-12-17-23-22-16-3-1-2-6-24(16)17)15-8-14(10-20-11-15)7-13-4-5-19-9-13/h1-3,6,8,10-11,13,19H,4-5,7,9,12H2,(H,21,25). The minimum atomic E-state index is -0.147. The van der Waals surface area contributed by atoms with Crippen molar-refractivity contribution in [1.82, 2.24) is 30.2 Å². The largest absolute Gasteiger partial charge is 0.345 e. The molecule has 1 aliphatic heterocycles. The average molecular weight is 336 g/mol. The lowest BCUT2D eigenvalue weighted by Gasteiger charge is -2.09. The maximum Gasteiger partial charge on any atom is 0.253 e. The minimum absolute atomic E-state index is 0.147. The highest BCUT2D eigenvalue weighted by Gasteiger charge is 2.16. The molecular formula is C18H20N6O. The van der Waals surface area contributed by atoms with Crippen molar-refractivity contribution in [2.24, 2.45) is 5.92 Å². The third kappa shape index (κ3) is 3.51. The monoisotopic (exact) mass is 336 g/mol. The summed E-state index contributed by atoms with van der Waals surface area (Å²) in [6.45, 7) is 2.43. The van der Waals surface area contributed by atoms with Gasteiger partial charge in [-0.05, 0) is 55.6 Å². The van der Waals surface area contributed by atoms with Crippen molar-refractivity contribution in [3.05, 3.63) is 59.8 Å². The molecule has 0 aromatic carbocycles. The number of nitrogens with zero attached hydrogens (tertiary/aromatic N) is 4. The van der Waals surface area contributed by atoms with Gasteiger partial charge in [-0.1, -0.05) is 6.07 Å². The first-order valence-electron chi connectivity index (χ1n) is 8.51. The summed E-state index contributed by atoms with van der Waals surface area (Å²) >= 11 is 0. The minimum Gasteiger partial charge on any atom is -0.345 e. The molecule has 128 valence electrons. The van der Waals surface area contributed by atoms with Crippen molar-refractivity contribution < 1.29 is 4.79 Å². The molecule has 1 unspecified atom stereocenters. The lowest BCUT2D eigenvalue weighted by molar-refractivity contribution is 0.0949. The molecule has 4 heterocycles. The van der Waals surface area contributed by atoms with Gasteiger partial charge in [0.2, 0.25) is 0 Å². The molecule has 7 nitrogen and oxygen atoms in total. The second-order valence-corrected chi connectivity index (χ2v) is 6.37. The Balaban J connectivity index is 1.42. The number of nitrogens with one attached hydrogen (secondary N) is 2. The molecule has 3 aromatic heterocycles. The van der Waals surface area contributed by atoms with E-state index in [1.165, 1.54) is 6.42 Å². The van der Waals surface area contributed by atoms with Crippen LogP contribution in [0.3, 0.4) is 0 Å². The second-order valence-electron chi connectivity index (χ2n) is 6.37. The number of carbonyl (C=O) groups is 1. The summed E-state index contributed by atoms with van der Waals surface area (Å²) in [5.74, 6) is 1.18. The van der Waals surface area contributed by atoms with Gasteiger partial charge in [0.05, 0.1) is 12.1 Å². The zero-order chi connectivity index (χ0) is 17.1. The van der Waals surface area contributed by atoms with E-state index in [-0.39, 0.29) is 5.91 Å². The van der Waals surface area contributed by atoms with Crippen LogP contribution in [0.25, 0.3) is 5.65 Å². The Hall–Kier alpha value is -2.80. The van der Waals surface area contributed by atoms with Crippen LogP contribution < -0.4 is 10.6 Å². The first-order chi connectivity index (χ1) is 12.3. The molecule has 25 heavy (non-hydrogen) atoms. The van der Waals surface area contributed by atoms with Crippen LogP contribution in [0, 0.1) is 5.92 Å². The van der Waals surface area contributed by atoms with Gasteiger partial charge < -0.3 is 10.6 Å². The fourth-order valence-corrected chi connectivity index (χ4v) is 3.22. The number of rotatable bonds is 5. The third-order valence-electron chi connectivity index (χ3n) is 4.54. The normalized spacial score (nSPS) is 17.0. The maximum atomic E-state index is 12.4. The van der Waals surface area contributed by atoms with Crippen molar-refractivity contribution >= 4 is 11.6 Å². The zero-order valence-corrected chi connectivity index (χ0v) is 13.9. The molecule has 3 aromatic rings. The number of fused-ring (bicyclic) bond motifs is 1. The van der Waals surface area contributed by atoms with Crippen molar-refractivity contribution in [2.75, 3.05) is 13.1 Å². The smallest absolute Gasteiger partial charge is 0.253 e. The maximum absolute atomic E-state index is 12.4. The summed E-state index contributed by atoms with van der Waals surface area (Å²) in [4.78, 5) is 16.7. The highest BCUT2D eigenvalue weighted by atomic mass is 16.1. The predicted molar refractivity (Wildman–Crippen MR) is 93.1 cm³/mol. The molecule has 0 bridgehead atoms. The van der Waals surface area contributed by atoms with E-state index < -0.39 is 0 Å². The first kappa shape index (κ1) is 15.7. The summed E-state index contributed by atoms with van der Waals surface area (Å²) in [5.41, 5.74) is 2.45. The molecule has 7 heteroatoms. The molecule has 0 aliphatic carbocycles. The number of aromatic nitrogens is 4. The van der Waals surface area contributed by atoms with E-state index >= 15 is 0 Å². The predicted octanol–water partition coefficient (Wildman–Crippen LogP) is 1.21. The number of amides is 1. The van der Waals surface area contributed by atoms with E-state index in [0.717, 1.165) is 30.7 Å². The van der Waals surface area contributed by atoms with Crippen molar-refractivity contribution in [3.63, 3.8) is 0 Å². The van der Waals surface area contributed by atoms with Gasteiger partial charge in [0, 0.05) is 18.6 Å². The fourth-order valence-electron chi connectivity index (χ4n) is 3.22. The van der Waals surface area contributed by atoms with E-state index in [0.29, 0.717) is 23.9 Å². The van der Waals surface area contributed by atoms with E-state index in [9.17, 15) is 4.79 Å².